The van der Waals surface area contributed by atoms with Crippen LogP contribution in [0.5, 0.6) is 0 Å². The van der Waals surface area contributed by atoms with Crippen LogP contribution in [-0.4, -0.2) is 38.2 Å². The Bertz CT molecular complexity index is 811. The number of halogens is 3. The van der Waals surface area contributed by atoms with Crippen LogP contribution in [-0.2, 0) is 6.18 Å². The van der Waals surface area contributed by atoms with Gasteiger partial charge in [0.05, 0.1) is 23.0 Å². The lowest BCUT2D eigenvalue weighted by Gasteiger charge is -2.33. The Kier molecular flexibility index (Phi) is 5.26. The van der Waals surface area contributed by atoms with E-state index in [0.717, 1.165) is 31.5 Å². The molecule has 2 aromatic heterocycles. The summed E-state index contributed by atoms with van der Waals surface area (Å²) < 4.78 is 39.8. The zero-order chi connectivity index (χ0) is 19.8. The van der Waals surface area contributed by atoms with Crippen molar-refractivity contribution in [1.82, 2.24) is 19.7 Å². The van der Waals surface area contributed by atoms with Gasteiger partial charge in [0.1, 0.15) is 0 Å². The molecular formula is C19H23F3N4O. The molecule has 1 fully saturated rings. The van der Waals surface area contributed by atoms with E-state index < -0.39 is 11.7 Å². The van der Waals surface area contributed by atoms with Crippen LogP contribution in [0.2, 0.25) is 0 Å². The number of nitrogens with zero attached hydrogens (tertiary/aromatic N) is 4. The quantitative estimate of drug-likeness (QED) is 0.792. The van der Waals surface area contributed by atoms with Crippen molar-refractivity contribution in [3.8, 4) is 5.82 Å². The standard InChI is InChI=1S/C19H23F3N4O/c1-12(2)17-15(18(27)25-9-5-4-6-13(25)3)11-24-26(17)16-8-7-14(10-23-16)19(20,21)22/h7-8,10-13H,4-6,9H2,1-3H3/t13-/m0/s1. The van der Waals surface area contributed by atoms with Gasteiger partial charge >= 0.3 is 6.18 Å². The fourth-order valence-electron chi connectivity index (χ4n) is 3.49. The molecule has 0 aliphatic carbocycles. The van der Waals surface area contributed by atoms with Crippen molar-refractivity contribution in [2.45, 2.75) is 58.2 Å². The van der Waals surface area contributed by atoms with Gasteiger partial charge < -0.3 is 4.90 Å². The molecule has 5 nitrogen and oxygen atoms in total. The molecule has 2 aromatic rings. The number of amides is 1. The number of carbonyl (C=O) groups excluding carboxylic acids is 1. The first kappa shape index (κ1) is 19.4. The molecule has 27 heavy (non-hydrogen) atoms. The Morgan fingerprint density at radius 3 is 2.52 bits per heavy atom. The number of hydrogen-bond donors (Lipinski definition) is 0. The summed E-state index contributed by atoms with van der Waals surface area (Å²) in [5, 5.41) is 4.27. The highest BCUT2D eigenvalue weighted by atomic mass is 19.4. The van der Waals surface area contributed by atoms with E-state index in [1.54, 1.807) is 0 Å². The van der Waals surface area contributed by atoms with Gasteiger partial charge in [-0.25, -0.2) is 9.67 Å². The van der Waals surface area contributed by atoms with Crippen LogP contribution in [0, 0.1) is 0 Å². The van der Waals surface area contributed by atoms with Gasteiger partial charge in [-0.05, 0) is 44.2 Å². The maximum atomic E-state index is 13.1. The van der Waals surface area contributed by atoms with E-state index in [1.807, 2.05) is 25.7 Å². The number of rotatable bonds is 3. The highest BCUT2D eigenvalue weighted by molar-refractivity contribution is 5.95. The van der Waals surface area contributed by atoms with Gasteiger partial charge in [-0.15, -0.1) is 0 Å². The second-order valence-corrected chi connectivity index (χ2v) is 7.26. The summed E-state index contributed by atoms with van der Waals surface area (Å²) >= 11 is 0. The van der Waals surface area contributed by atoms with E-state index in [-0.39, 0.29) is 23.7 Å². The molecule has 8 heteroatoms. The summed E-state index contributed by atoms with van der Waals surface area (Å²) in [6, 6.07) is 2.42. The van der Waals surface area contributed by atoms with Crippen molar-refractivity contribution in [2.75, 3.05) is 6.54 Å². The summed E-state index contributed by atoms with van der Waals surface area (Å²) in [6.45, 7) is 6.59. The Hall–Kier alpha value is -2.38. The summed E-state index contributed by atoms with van der Waals surface area (Å²) in [6.07, 6.45) is 0.894. The largest absolute Gasteiger partial charge is 0.417 e. The minimum Gasteiger partial charge on any atom is -0.336 e. The first-order valence-corrected chi connectivity index (χ1v) is 9.12. The van der Waals surface area contributed by atoms with E-state index in [2.05, 4.69) is 10.1 Å². The minimum absolute atomic E-state index is 0.0457. The van der Waals surface area contributed by atoms with Crippen molar-refractivity contribution in [2.24, 2.45) is 0 Å². The molecule has 0 saturated carbocycles. The van der Waals surface area contributed by atoms with Gasteiger partial charge in [-0.2, -0.15) is 18.3 Å². The number of carbonyl (C=O) groups is 1. The zero-order valence-electron chi connectivity index (χ0n) is 15.6. The number of aromatic nitrogens is 3. The van der Waals surface area contributed by atoms with E-state index in [4.69, 9.17) is 0 Å². The first-order valence-electron chi connectivity index (χ1n) is 9.12. The maximum absolute atomic E-state index is 13.1. The number of alkyl halides is 3. The van der Waals surface area contributed by atoms with Gasteiger partial charge in [-0.1, -0.05) is 13.8 Å². The van der Waals surface area contributed by atoms with E-state index in [9.17, 15) is 18.0 Å². The average molecular weight is 380 g/mol. The molecule has 146 valence electrons. The van der Waals surface area contributed by atoms with Crippen molar-refractivity contribution in [3.05, 3.63) is 41.3 Å². The topological polar surface area (TPSA) is 51.0 Å². The van der Waals surface area contributed by atoms with Crippen LogP contribution in [0.1, 0.15) is 67.6 Å². The summed E-state index contributed by atoms with van der Waals surface area (Å²) in [4.78, 5) is 18.8. The van der Waals surface area contributed by atoms with Crippen molar-refractivity contribution in [1.29, 1.82) is 0 Å². The molecule has 0 radical (unpaired) electrons. The third kappa shape index (κ3) is 3.84. The molecule has 3 heterocycles. The van der Waals surface area contributed by atoms with Crippen LogP contribution in [0.25, 0.3) is 5.82 Å². The molecule has 0 aromatic carbocycles. The molecule has 0 spiro atoms. The van der Waals surface area contributed by atoms with Gasteiger partial charge in [0.25, 0.3) is 5.91 Å². The van der Waals surface area contributed by atoms with Crippen LogP contribution in [0.15, 0.2) is 24.5 Å². The Balaban J connectivity index is 1.97. The second kappa shape index (κ2) is 7.32. The van der Waals surface area contributed by atoms with Gasteiger partial charge in [0.2, 0.25) is 0 Å². The highest BCUT2D eigenvalue weighted by Crippen LogP contribution is 2.30. The first-order chi connectivity index (χ1) is 12.7. The summed E-state index contributed by atoms with van der Waals surface area (Å²) in [5.41, 5.74) is 0.327. The maximum Gasteiger partial charge on any atom is 0.417 e. The number of likely N-dealkylation sites (tertiary alicyclic amines) is 1. The number of hydrogen-bond acceptors (Lipinski definition) is 3. The molecule has 1 atom stereocenters. The van der Waals surface area contributed by atoms with Gasteiger partial charge in [0.15, 0.2) is 5.82 Å². The van der Waals surface area contributed by atoms with Crippen LogP contribution >= 0.6 is 0 Å². The molecule has 1 amide bonds. The zero-order valence-corrected chi connectivity index (χ0v) is 15.6. The SMILES string of the molecule is CC(C)c1c(C(=O)N2CCCC[C@@H]2C)cnn1-c1ccc(C(F)(F)F)cn1. The Morgan fingerprint density at radius 1 is 1.22 bits per heavy atom. The summed E-state index contributed by atoms with van der Waals surface area (Å²) in [7, 11) is 0. The number of pyridine rings is 1. The molecule has 1 aliphatic heterocycles. The fourth-order valence-corrected chi connectivity index (χ4v) is 3.49. The molecular weight excluding hydrogens is 357 g/mol. The van der Waals surface area contributed by atoms with E-state index >= 15 is 0 Å². The van der Waals surface area contributed by atoms with E-state index in [1.165, 1.54) is 16.9 Å². The van der Waals surface area contributed by atoms with Gasteiger partial charge in [-0.3, -0.25) is 4.79 Å². The second-order valence-electron chi connectivity index (χ2n) is 7.26. The third-order valence-electron chi connectivity index (χ3n) is 4.94. The Labute approximate surface area is 156 Å². The third-order valence-corrected chi connectivity index (χ3v) is 4.94. The lowest BCUT2D eigenvalue weighted by Crippen LogP contribution is -2.42. The molecule has 0 bridgehead atoms. The predicted octanol–water partition coefficient (Wildman–Crippen LogP) is 4.42. The monoisotopic (exact) mass is 380 g/mol. The molecule has 0 unspecified atom stereocenters. The molecule has 1 saturated heterocycles. The van der Waals surface area contributed by atoms with E-state index in [0.29, 0.717) is 17.8 Å². The van der Waals surface area contributed by atoms with Crippen LogP contribution < -0.4 is 0 Å². The lowest BCUT2D eigenvalue weighted by molar-refractivity contribution is -0.137. The highest BCUT2D eigenvalue weighted by Gasteiger charge is 2.32. The van der Waals surface area contributed by atoms with Crippen LogP contribution in [0.4, 0.5) is 13.2 Å². The predicted molar refractivity (Wildman–Crippen MR) is 94.8 cm³/mol. The smallest absolute Gasteiger partial charge is 0.336 e. The number of piperidine rings is 1. The molecule has 3 rings (SSSR count). The minimum atomic E-state index is -4.44. The summed E-state index contributed by atoms with van der Waals surface area (Å²) in [5.74, 6) is 0.136. The van der Waals surface area contributed by atoms with Gasteiger partial charge in [0, 0.05) is 18.8 Å². The average Bonchev–Trinajstić information content (AvgIpc) is 3.06. The van der Waals surface area contributed by atoms with Crippen molar-refractivity contribution < 1.29 is 18.0 Å². The molecule has 1 aliphatic rings. The lowest BCUT2D eigenvalue weighted by atomic mass is 10.00. The van der Waals surface area contributed by atoms with Crippen molar-refractivity contribution in [3.63, 3.8) is 0 Å². The fraction of sp³-hybridized carbons (Fsp3) is 0.526. The van der Waals surface area contributed by atoms with Crippen LogP contribution in [0.3, 0.4) is 0 Å². The molecule has 0 N–H and O–H groups in total. The normalized spacial score (nSPS) is 18.2. The van der Waals surface area contributed by atoms with Crippen molar-refractivity contribution >= 4 is 5.91 Å². The Morgan fingerprint density at radius 2 is 1.96 bits per heavy atom.